The zero-order valence-electron chi connectivity index (χ0n) is 14.5. The van der Waals surface area contributed by atoms with Crippen molar-refractivity contribution in [2.75, 3.05) is 39.9 Å². The Labute approximate surface area is 144 Å². The number of nitrogens with one attached hydrogen (secondary N) is 2. The summed E-state index contributed by atoms with van der Waals surface area (Å²) in [5, 5.41) is 11.0. The van der Waals surface area contributed by atoms with Crippen LogP contribution in [-0.4, -0.2) is 55.0 Å². The average molecular weight is 328 g/mol. The monoisotopic (exact) mass is 328 g/mol. The van der Waals surface area contributed by atoms with E-state index in [0.29, 0.717) is 0 Å². The molecule has 24 heavy (non-hydrogen) atoms. The van der Waals surface area contributed by atoms with E-state index in [1.807, 2.05) is 12.3 Å². The standard InChI is InChI=1S/C19H28N4O/c1-24-12-11-23-9-7-16(8-10-23)13-20-14-18-15-21-22-19(18)17-5-3-2-4-6-17/h2-6,15-16,20H,7-14H2,1H3,(H,21,22). The summed E-state index contributed by atoms with van der Waals surface area (Å²) >= 11 is 0. The van der Waals surface area contributed by atoms with Crippen LogP contribution in [0.15, 0.2) is 36.5 Å². The lowest BCUT2D eigenvalue weighted by atomic mass is 9.96. The molecule has 1 aliphatic heterocycles. The van der Waals surface area contributed by atoms with Crippen molar-refractivity contribution in [3.8, 4) is 11.3 Å². The van der Waals surface area contributed by atoms with Gasteiger partial charge in [-0.2, -0.15) is 5.10 Å². The fourth-order valence-electron chi connectivity index (χ4n) is 3.35. The Kier molecular flexibility index (Phi) is 6.41. The highest BCUT2D eigenvalue weighted by molar-refractivity contribution is 5.62. The normalized spacial score (nSPS) is 16.5. The van der Waals surface area contributed by atoms with Gasteiger partial charge in [0.25, 0.3) is 0 Å². The number of benzene rings is 1. The molecule has 0 unspecified atom stereocenters. The molecule has 2 aromatic rings. The molecule has 1 aromatic heterocycles. The van der Waals surface area contributed by atoms with Gasteiger partial charge in [0.1, 0.15) is 0 Å². The smallest absolute Gasteiger partial charge is 0.0695 e. The second-order valence-electron chi connectivity index (χ2n) is 6.54. The first-order valence-electron chi connectivity index (χ1n) is 8.86. The van der Waals surface area contributed by atoms with Crippen LogP contribution in [0.4, 0.5) is 0 Å². The van der Waals surface area contributed by atoms with Gasteiger partial charge < -0.3 is 15.0 Å². The second-order valence-corrected chi connectivity index (χ2v) is 6.54. The van der Waals surface area contributed by atoms with E-state index < -0.39 is 0 Å². The summed E-state index contributed by atoms with van der Waals surface area (Å²) in [4.78, 5) is 2.50. The van der Waals surface area contributed by atoms with Gasteiger partial charge in [0, 0.05) is 25.8 Å². The third-order valence-corrected chi connectivity index (χ3v) is 4.85. The molecule has 0 saturated carbocycles. The number of hydrogen-bond acceptors (Lipinski definition) is 4. The first kappa shape index (κ1) is 17.1. The topological polar surface area (TPSA) is 53.2 Å². The number of likely N-dealkylation sites (tertiary alicyclic amines) is 1. The lowest BCUT2D eigenvalue weighted by molar-refractivity contribution is 0.120. The predicted molar refractivity (Wildman–Crippen MR) is 96.8 cm³/mol. The number of nitrogens with zero attached hydrogens (tertiary/aromatic N) is 2. The number of aromatic nitrogens is 2. The Bertz CT molecular complexity index is 590. The average Bonchev–Trinajstić information content (AvgIpc) is 3.10. The third kappa shape index (κ3) is 4.66. The highest BCUT2D eigenvalue weighted by Crippen LogP contribution is 2.21. The Hall–Kier alpha value is -1.69. The number of piperidine rings is 1. The zero-order chi connectivity index (χ0) is 16.6. The summed E-state index contributed by atoms with van der Waals surface area (Å²) in [5.41, 5.74) is 3.55. The van der Waals surface area contributed by atoms with Crippen LogP contribution >= 0.6 is 0 Å². The fraction of sp³-hybridized carbons (Fsp3) is 0.526. The van der Waals surface area contributed by atoms with Crippen molar-refractivity contribution in [2.24, 2.45) is 5.92 Å². The lowest BCUT2D eigenvalue weighted by Gasteiger charge is -2.31. The maximum Gasteiger partial charge on any atom is 0.0695 e. The first-order chi connectivity index (χ1) is 11.9. The van der Waals surface area contributed by atoms with Gasteiger partial charge in [-0.05, 0) is 44.0 Å². The van der Waals surface area contributed by atoms with Gasteiger partial charge in [0.05, 0.1) is 18.5 Å². The molecule has 5 heteroatoms. The van der Waals surface area contributed by atoms with E-state index in [9.17, 15) is 0 Å². The Morgan fingerprint density at radius 2 is 2.04 bits per heavy atom. The number of aromatic amines is 1. The van der Waals surface area contributed by atoms with E-state index in [-0.39, 0.29) is 0 Å². The maximum absolute atomic E-state index is 5.16. The minimum absolute atomic E-state index is 0.774. The van der Waals surface area contributed by atoms with E-state index in [1.165, 1.54) is 37.1 Å². The third-order valence-electron chi connectivity index (χ3n) is 4.85. The summed E-state index contributed by atoms with van der Waals surface area (Å²) < 4.78 is 5.16. The fourth-order valence-corrected chi connectivity index (χ4v) is 3.35. The van der Waals surface area contributed by atoms with Crippen LogP contribution in [0.25, 0.3) is 11.3 Å². The summed E-state index contributed by atoms with van der Waals surface area (Å²) in [5.74, 6) is 0.774. The van der Waals surface area contributed by atoms with Gasteiger partial charge >= 0.3 is 0 Å². The van der Waals surface area contributed by atoms with E-state index in [0.717, 1.165) is 37.9 Å². The van der Waals surface area contributed by atoms with E-state index in [1.54, 1.807) is 7.11 Å². The molecule has 2 N–H and O–H groups in total. The van der Waals surface area contributed by atoms with Gasteiger partial charge in [0.2, 0.25) is 0 Å². The van der Waals surface area contributed by atoms with Crippen LogP contribution < -0.4 is 5.32 Å². The van der Waals surface area contributed by atoms with Gasteiger partial charge in [-0.25, -0.2) is 0 Å². The van der Waals surface area contributed by atoms with Crippen molar-refractivity contribution in [1.29, 1.82) is 0 Å². The maximum atomic E-state index is 5.16. The molecular weight excluding hydrogens is 300 g/mol. The quantitative estimate of drug-likeness (QED) is 0.782. The van der Waals surface area contributed by atoms with E-state index >= 15 is 0 Å². The molecule has 1 aliphatic rings. The molecule has 0 aliphatic carbocycles. The van der Waals surface area contributed by atoms with Crippen molar-refractivity contribution in [2.45, 2.75) is 19.4 Å². The van der Waals surface area contributed by atoms with Gasteiger partial charge in [-0.1, -0.05) is 30.3 Å². The SMILES string of the molecule is COCCN1CCC(CNCc2cn[nH]c2-c2ccccc2)CC1. The molecular formula is C19H28N4O. The predicted octanol–water partition coefficient (Wildman–Crippen LogP) is 2.52. The Morgan fingerprint density at radius 3 is 2.79 bits per heavy atom. The van der Waals surface area contributed by atoms with E-state index in [2.05, 4.69) is 44.7 Å². The van der Waals surface area contributed by atoms with Crippen molar-refractivity contribution in [3.05, 3.63) is 42.1 Å². The molecule has 0 amide bonds. The summed E-state index contributed by atoms with van der Waals surface area (Å²) in [6.07, 6.45) is 4.48. The molecule has 1 saturated heterocycles. The summed E-state index contributed by atoms with van der Waals surface area (Å²) in [7, 11) is 1.77. The summed E-state index contributed by atoms with van der Waals surface area (Å²) in [6.45, 7) is 6.23. The molecule has 130 valence electrons. The van der Waals surface area contributed by atoms with Crippen LogP contribution in [0.1, 0.15) is 18.4 Å². The molecule has 0 atom stereocenters. The van der Waals surface area contributed by atoms with E-state index in [4.69, 9.17) is 4.74 Å². The van der Waals surface area contributed by atoms with Crippen LogP contribution in [0, 0.1) is 5.92 Å². The van der Waals surface area contributed by atoms with Crippen LogP contribution in [-0.2, 0) is 11.3 Å². The number of rotatable bonds is 8. The van der Waals surface area contributed by atoms with Crippen molar-refractivity contribution in [1.82, 2.24) is 20.4 Å². The highest BCUT2D eigenvalue weighted by atomic mass is 16.5. The van der Waals surface area contributed by atoms with Gasteiger partial charge in [0.15, 0.2) is 0 Å². The molecule has 0 spiro atoms. The van der Waals surface area contributed by atoms with Crippen LogP contribution in [0.3, 0.4) is 0 Å². The highest BCUT2D eigenvalue weighted by Gasteiger charge is 2.18. The number of ether oxygens (including phenoxy) is 1. The minimum atomic E-state index is 0.774. The van der Waals surface area contributed by atoms with Crippen molar-refractivity contribution in [3.63, 3.8) is 0 Å². The molecule has 0 radical (unpaired) electrons. The molecule has 1 fully saturated rings. The number of H-pyrrole nitrogens is 1. The molecule has 5 nitrogen and oxygen atoms in total. The lowest BCUT2D eigenvalue weighted by Crippen LogP contribution is -2.38. The molecule has 3 rings (SSSR count). The van der Waals surface area contributed by atoms with Crippen LogP contribution in [0.2, 0.25) is 0 Å². The van der Waals surface area contributed by atoms with Gasteiger partial charge in [-0.3, -0.25) is 5.10 Å². The van der Waals surface area contributed by atoms with Crippen molar-refractivity contribution < 1.29 is 4.74 Å². The molecule has 0 bridgehead atoms. The molecule has 1 aromatic carbocycles. The van der Waals surface area contributed by atoms with Gasteiger partial charge in [-0.15, -0.1) is 0 Å². The van der Waals surface area contributed by atoms with Crippen LogP contribution in [0.5, 0.6) is 0 Å². The summed E-state index contributed by atoms with van der Waals surface area (Å²) in [6, 6.07) is 10.4. The minimum Gasteiger partial charge on any atom is -0.383 e. The zero-order valence-corrected chi connectivity index (χ0v) is 14.5. The van der Waals surface area contributed by atoms with Crippen molar-refractivity contribution >= 4 is 0 Å². The largest absolute Gasteiger partial charge is 0.383 e. The molecule has 2 heterocycles. The number of hydrogen-bond donors (Lipinski definition) is 2. The Morgan fingerprint density at radius 1 is 1.25 bits per heavy atom. The Balaban J connectivity index is 1.43. The first-order valence-corrected chi connectivity index (χ1v) is 8.86. The second kappa shape index (κ2) is 8.97. The number of methoxy groups -OCH3 is 1.